The fourth-order valence-corrected chi connectivity index (χ4v) is 5.29. The molecule has 1 unspecified atom stereocenters. The number of amides is 2. The maximum absolute atomic E-state index is 14.2. The molecule has 36 heavy (non-hydrogen) atoms. The average Bonchev–Trinajstić information content (AvgIpc) is 3.14. The Kier molecular flexibility index (Phi) is 6.92. The number of rotatable bonds is 6. The SMILES string of the molecule is O=C(OC1(C(=O)NC2CCCCC2)C(=O)N(Cc2ccc(Br)cc2)c2ccccc21)c1ccccc1. The van der Waals surface area contributed by atoms with Crippen LogP contribution in [0.15, 0.2) is 83.3 Å². The number of fused-ring (bicyclic) bond motifs is 1. The number of esters is 1. The van der Waals surface area contributed by atoms with E-state index >= 15 is 0 Å². The summed E-state index contributed by atoms with van der Waals surface area (Å²) in [5.74, 6) is -1.87. The molecule has 184 valence electrons. The van der Waals surface area contributed by atoms with E-state index in [9.17, 15) is 14.4 Å². The molecule has 3 aromatic carbocycles. The monoisotopic (exact) mass is 546 g/mol. The Morgan fingerprint density at radius 2 is 1.58 bits per heavy atom. The van der Waals surface area contributed by atoms with E-state index < -0.39 is 23.4 Å². The van der Waals surface area contributed by atoms with Gasteiger partial charge in [0.2, 0.25) is 0 Å². The first-order chi connectivity index (χ1) is 17.5. The predicted molar refractivity (Wildman–Crippen MR) is 140 cm³/mol. The summed E-state index contributed by atoms with van der Waals surface area (Å²) < 4.78 is 6.89. The van der Waals surface area contributed by atoms with Crippen LogP contribution in [0.1, 0.15) is 53.6 Å². The van der Waals surface area contributed by atoms with Gasteiger partial charge in [0.05, 0.1) is 17.8 Å². The number of nitrogens with zero attached hydrogens (tertiary/aromatic N) is 1. The van der Waals surface area contributed by atoms with E-state index in [1.165, 1.54) is 4.90 Å². The van der Waals surface area contributed by atoms with Crippen LogP contribution in [0.2, 0.25) is 0 Å². The third-order valence-corrected chi connectivity index (χ3v) is 7.42. The highest BCUT2D eigenvalue weighted by molar-refractivity contribution is 9.10. The largest absolute Gasteiger partial charge is 0.430 e. The zero-order chi connectivity index (χ0) is 25.1. The van der Waals surface area contributed by atoms with Gasteiger partial charge in [-0.3, -0.25) is 9.59 Å². The van der Waals surface area contributed by atoms with Gasteiger partial charge in [0.25, 0.3) is 17.4 Å². The molecule has 5 rings (SSSR count). The lowest BCUT2D eigenvalue weighted by molar-refractivity contribution is -0.153. The van der Waals surface area contributed by atoms with Crippen LogP contribution in [0, 0.1) is 0 Å². The second-order valence-electron chi connectivity index (χ2n) is 9.28. The lowest BCUT2D eigenvalue weighted by Gasteiger charge is -2.31. The Balaban J connectivity index is 1.56. The highest BCUT2D eigenvalue weighted by Crippen LogP contribution is 2.44. The molecule has 2 aliphatic rings. The highest BCUT2D eigenvalue weighted by atomic mass is 79.9. The van der Waals surface area contributed by atoms with Crippen LogP contribution in [-0.2, 0) is 26.5 Å². The molecule has 6 nitrogen and oxygen atoms in total. The molecule has 0 saturated heterocycles. The molecule has 2 amide bonds. The Morgan fingerprint density at radius 1 is 0.917 bits per heavy atom. The third kappa shape index (κ3) is 4.55. The lowest BCUT2D eigenvalue weighted by Crippen LogP contribution is -2.56. The van der Waals surface area contributed by atoms with Crippen molar-refractivity contribution in [3.05, 3.63) is 100 Å². The van der Waals surface area contributed by atoms with Crippen molar-refractivity contribution < 1.29 is 19.1 Å². The van der Waals surface area contributed by atoms with Crippen molar-refractivity contribution in [3.8, 4) is 0 Å². The summed E-state index contributed by atoms with van der Waals surface area (Å²) in [4.78, 5) is 43.0. The van der Waals surface area contributed by atoms with Crippen molar-refractivity contribution in [2.75, 3.05) is 4.90 Å². The van der Waals surface area contributed by atoms with Crippen molar-refractivity contribution in [1.29, 1.82) is 0 Å². The van der Waals surface area contributed by atoms with Crippen LogP contribution in [0.25, 0.3) is 0 Å². The third-order valence-electron chi connectivity index (χ3n) is 6.89. The van der Waals surface area contributed by atoms with Gasteiger partial charge in [0.15, 0.2) is 0 Å². The molecule has 3 aromatic rings. The molecule has 1 N–H and O–H groups in total. The minimum absolute atomic E-state index is 0.0564. The van der Waals surface area contributed by atoms with Gasteiger partial charge in [-0.15, -0.1) is 0 Å². The average molecular weight is 547 g/mol. The summed E-state index contributed by atoms with van der Waals surface area (Å²) in [7, 11) is 0. The van der Waals surface area contributed by atoms with Crippen molar-refractivity contribution in [1.82, 2.24) is 5.32 Å². The van der Waals surface area contributed by atoms with E-state index in [-0.39, 0.29) is 18.2 Å². The summed E-state index contributed by atoms with van der Waals surface area (Å²) in [5.41, 5.74) is 0.00375. The lowest BCUT2D eigenvalue weighted by atomic mass is 9.91. The van der Waals surface area contributed by atoms with Crippen LogP contribution in [0.5, 0.6) is 0 Å². The number of halogens is 1. The molecule has 0 bridgehead atoms. The molecule has 0 radical (unpaired) electrons. The summed E-state index contributed by atoms with van der Waals surface area (Å²) >= 11 is 3.44. The van der Waals surface area contributed by atoms with Gasteiger partial charge < -0.3 is 15.0 Å². The molecule has 1 heterocycles. The molecular formula is C29H27BrN2O4. The van der Waals surface area contributed by atoms with Crippen LogP contribution in [-0.4, -0.2) is 23.8 Å². The molecular weight excluding hydrogens is 520 g/mol. The van der Waals surface area contributed by atoms with Gasteiger partial charge in [0, 0.05) is 16.1 Å². The van der Waals surface area contributed by atoms with Crippen LogP contribution in [0.3, 0.4) is 0 Å². The van der Waals surface area contributed by atoms with Gasteiger partial charge in [0.1, 0.15) is 0 Å². The zero-order valence-electron chi connectivity index (χ0n) is 19.8. The smallest absolute Gasteiger partial charge is 0.340 e. The Hall–Kier alpha value is -3.45. The highest BCUT2D eigenvalue weighted by Gasteiger charge is 2.60. The van der Waals surface area contributed by atoms with Gasteiger partial charge in [-0.1, -0.05) is 83.7 Å². The van der Waals surface area contributed by atoms with Crippen LogP contribution >= 0.6 is 15.9 Å². The Bertz CT molecular complexity index is 1270. The molecule has 7 heteroatoms. The molecule has 1 fully saturated rings. The number of para-hydroxylation sites is 1. The van der Waals surface area contributed by atoms with Crippen molar-refractivity contribution >= 4 is 39.4 Å². The van der Waals surface area contributed by atoms with Crippen molar-refractivity contribution in [2.24, 2.45) is 0 Å². The molecule has 1 aliphatic heterocycles. The predicted octanol–water partition coefficient (Wildman–Crippen LogP) is 5.50. The van der Waals surface area contributed by atoms with E-state index in [1.807, 2.05) is 30.3 Å². The quantitative estimate of drug-likeness (QED) is 0.327. The summed E-state index contributed by atoms with van der Waals surface area (Å²) in [6, 6.07) is 23.1. The van der Waals surface area contributed by atoms with Gasteiger partial charge >= 0.3 is 5.97 Å². The van der Waals surface area contributed by atoms with E-state index in [1.54, 1.807) is 48.5 Å². The molecule has 0 aromatic heterocycles. The first kappa shape index (κ1) is 24.3. The summed E-state index contributed by atoms with van der Waals surface area (Å²) in [5, 5.41) is 3.05. The van der Waals surface area contributed by atoms with E-state index in [0.717, 1.165) is 42.1 Å². The van der Waals surface area contributed by atoms with E-state index in [4.69, 9.17) is 4.74 Å². The molecule has 1 saturated carbocycles. The maximum Gasteiger partial charge on any atom is 0.340 e. The van der Waals surface area contributed by atoms with Crippen molar-refractivity contribution in [3.63, 3.8) is 0 Å². The van der Waals surface area contributed by atoms with E-state index in [0.29, 0.717) is 11.3 Å². The number of benzene rings is 3. The fraction of sp³-hybridized carbons (Fsp3) is 0.276. The minimum atomic E-state index is -2.10. The maximum atomic E-state index is 14.2. The Labute approximate surface area is 218 Å². The second-order valence-corrected chi connectivity index (χ2v) is 10.2. The van der Waals surface area contributed by atoms with Gasteiger partial charge in [-0.05, 0) is 48.7 Å². The van der Waals surface area contributed by atoms with Crippen LogP contribution in [0.4, 0.5) is 5.69 Å². The molecule has 1 atom stereocenters. The normalized spacial score (nSPS) is 19.6. The minimum Gasteiger partial charge on any atom is -0.430 e. The first-order valence-corrected chi connectivity index (χ1v) is 13.0. The number of carbonyl (C=O) groups is 3. The molecule has 0 spiro atoms. The number of hydrogen-bond acceptors (Lipinski definition) is 4. The summed E-state index contributed by atoms with van der Waals surface area (Å²) in [6.45, 7) is 0.241. The number of nitrogens with one attached hydrogen (secondary N) is 1. The summed E-state index contributed by atoms with van der Waals surface area (Å²) in [6.07, 6.45) is 4.84. The first-order valence-electron chi connectivity index (χ1n) is 12.2. The number of ether oxygens (including phenoxy) is 1. The van der Waals surface area contributed by atoms with E-state index in [2.05, 4.69) is 21.2 Å². The van der Waals surface area contributed by atoms with Crippen molar-refractivity contribution in [2.45, 2.75) is 50.3 Å². The van der Waals surface area contributed by atoms with Gasteiger partial charge in [-0.2, -0.15) is 0 Å². The zero-order valence-corrected chi connectivity index (χ0v) is 21.4. The topological polar surface area (TPSA) is 75.7 Å². The van der Waals surface area contributed by atoms with Gasteiger partial charge in [-0.25, -0.2) is 4.79 Å². The number of anilines is 1. The Morgan fingerprint density at radius 3 is 2.31 bits per heavy atom. The number of carbonyl (C=O) groups excluding carboxylic acids is 3. The number of hydrogen-bond donors (Lipinski definition) is 1. The molecule has 1 aliphatic carbocycles. The standard InChI is InChI=1S/C29H27BrN2O4/c30-22-17-15-20(16-18-22)19-32-25-14-8-7-13-24(25)29(28(32)35,27(34)31-23-11-5-2-6-12-23)36-26(33)21-9-3-1-4-10-21/h1,3-4,7-10,13-18,23H,2,5-6,11-12,19H2,(H,31,34). The second kappa shape index (κ2) is 10.3. The van der Waals surface area contributed by atoms with Crippen LogP contribution < -0.4 is 10.2 Å². The fourth-order valence-electron chi connectivity index (χ4n) is 5.02.